The Morgan fingerprint density at radius 3 is 2.80 bits per heavy atom. The zero-order valence-electron chi connectivity index (χ0n) is 11.4. The first-order valence-electron chi connectivity index (χ1n) is 6.47. The molecule has 2 aromatic heterocycles. The summed E-state index contributed by atoms with van der Waals surface area (Å²) in [5.74, 6) is 0. The molecule has 0 radical (unpaired) electrons. The van der Waals surface area contributed by atoms with Gasteiger partial charge in [-0.2, -0.15) is 0 Å². The Hall–Kier alpha value is -1.85. The maximum atomic E-state index is 5.82. The molecule has 0 aliphatic rings. The number of hydrogen-bond donors (Lipinski definition) is 2. The number of aryl methyl sites for hydroxylation is 1. The second-order valence-corrected chi connectivity index (χ2v) is 5.89. The van der Waals surface area contributed by atoms with E-state index in [-0.39, 0.29) is 6.04 Å². The van der Waals surface area contributed by atoms with Crippen molar-refractivity contribution in [3.63, 3.8) is 0 Å². The minimum Gasteiger partial charge on any atom is -0.333 e. The Labute approximate surface area is 121 Å². The first-order chi connectivity index (χ1) is 9.61. The smallest absolute Gasteiger partial charge is 0.172 e. The van der Waals surface area contributed by atoms with Crippen LogP contribution in [0.1, 0.15) is 24.1 Å². The lowest BCUT2D eigenvalue weighted by Crippen LogP contribution is -2.04. The molecule has 3 N–H and O–H groups in total. The second-order valence-electron chi connectivity index (χ2n) is 4.88. The van der Waals surface area contributed by atoms with Gasteiger partial charge in [-0.15, -0.1) is 0 Å². The quantitative estimate of drug-likeness (QED) is 0.773. The number of aromatic nitrogens is 3. The molecule has 2 heterocycles. The van der Waals surface area contributed by atoms with Gasteiger partial charge in [0, 0.05) is 12.2 Å². The SMILES string of the molecule is Cc1ccc2nc(Sc3ccc([C@@H](C)N)cn3)[nH]c2c1. The molecule has 0 aliphatic carbocycles. The molecule has 5 heteroatoms. The molecular weight excluding hydrogens is 268 g/mol. The van der Waals surface area contributed by atoms with Crippen molar-refractivity contribution >= 4 is 22.8 Å². The summed E-state index contributed by atoms with van der Waals surface area (Å²) in [6, 6.07) is 10.2. The Balaban J connectivity index is 1.85. The first kappa shape index (κ1) is 13.1. The molecule has 102 valence electrons. The van der Waals surface area contributed by atoms with Crippen molar-refractivity contribution in [2.45, 2.75) is 30.1 Å². The van der Waals surface area contributed by atoms with Crippen molar-refractivity contribution in [1.29, 1.82) is 0 Å². The molecule has 0 saturated heterocycles. The van der Waals surface area contributed by atoms with E-state index in [1.807, 2.05) is 31.3 Å². The fourth-order valence-corrected chi connectivity index (χ4v) is 2.71. The summed E-state index contributed by atoms with van der Waals surface area (Å²) in [7, 11) is 0. The zero-order valence-corrected chi connectivity index (χ0v) is 12.2. The van der Waals surface area contributed by atoms with E-state index in [0.29, 0.717) is 0 Å². The standard InChI is InChI=1S/C15H16N4S/c1-9-3-5-12-13(7-9)19-15(18-12)20-14-6-4-11(8-17-14)10(2)16/h3-8,10H,16H2,1-2H3,(H,18,19)/t10-/m1/s1. The van der Waals surface area contributed by atoms with Gasteiger partial charge in [0.2, 0.25) is 0 Å². The number of fused-ring (bicyclic) bond motifs is 1. The largest absolute Gasteiger partial charge is 0.333 e. The summed E-state index contributed by atoms with van der Waals surface area (Å²) < 4.78 is 0. The van der Waals surface area contributed by atoms with Crippen LogP contribution in [0.4, 0.5) is 0 Å². The Morgan fingerprint density at radius 1 is 1.25 bits per heavy atom. The molecule has 20 heavy (non-hydrogen) atoms. The third kappa shape index (κ3) is 2.69. The number of benzene rings is 1. The summed E-state index contributed by atoms with van der Waals surface area (Å²) >= 11 is 1.52. The molecule has 0 aliphatic heterocycles. The maximum Gasteiger partial charge on any atom is 0.172 e. The summed E-state index contributed by atoms with van der Waals surface area (Å²) in [5.41, 5.74) is 10.1. The van der Waals surface area contributed by atoms with Gasteiger partial charge in [-0.1, -0.05) is 12.1 Å². The monoisotopic (exact) mass is 284 g/mol. The average Bonchev–Trinajstić information content (AvgIpc) is 2.80. The highest BCUT2D eigenvalue weighted by atomic mass is 32.2. The van der Waals surface area contributed by atoms with Crippen LogP contribution in [-0.2, 0) is 0 Å². The van der Waals surface area contributed by atoms with Crippen LogP contribution < -0.4 is 5.73 Å². The number of hydrogen-bond acceptors (Lipinski definition) is 4. The lowest BCUT2D eigenvalue weighted by molar-refractivity contribution is 0.806. The molecule has 3 rings (SSSR count). The number of rotatable bonds is 3. The van der Waals surface area contributed by atoms with E-state index in [0.717, 1.165) is 26.8 Å². The third-order valence-electron chi connectivity index (χ3n) is 3.10. The van der Waals surface area contributed by atoms with Gasteiger partial charge in [0.25, 0.3) is 0 Å². The van der Waals surface area contributed by atoms with Gasteiger partial charge in [-0.3, -0.25) is 0 Å². The molecule has 3 aromatic rings. The topological polar surface area (TPSA) is 67.6 Å². The van der Waals surface area contributed by atoms with Gasteiger partial charge in [-0.25, -0.2) is 9.97 Å². The molecule has 0 spiro atoms. The van der Waals surface area contributed by atoms with Crippen LogP contribution in [0.25, 0.3) is 11.0 Å². The van der Waals surface area contributed by atoms with Crippen molar-refractivity contribution in [3.8, 4) is 0 Å². The highest BCUT2D eigenvalue weighted by molar-refractivity contribution is 7.99. The van der Waals surface area contributed by atoms with E-state index in [9.17, 15) is 0 Å². The predicted octanol–water partition coefficient (Wildman–Crippen LogP) is 3.44. The number of imidazole rings is 1. The van der Waals surface area contributed by atoms with Gasteiger partial charge in [-0.05, 0) is 54.9 Å². The zero-order chi connectivity index (χ0) is 14.1. The van der Waals surface area contributed by atoms with Crippen LogP contribution in [0.2, 0.25) is 0 Å². The molecule has 4 nitrogen and oxygen atoms in total. The lowest BCUT2D eigenvalue weighted by atomic mass is 10.2. The van der Waals surface area contributed by atoms with E-state index in [4.69, 9.17) is 5.73 Å². The lowest BCUT2D eigenvalue weighted by Gasteiger charge is -2.04. The van der Waals surface area contributed by atoms with Crippen molar-refractivity contribution in [2.75, 3.05) is 0 Å². The molecule has 0 amide bonds. The average molecular weight is 284 g/mol. The number of nitrogens with zero attached hydrogens (tertiary/aromatic N) is 2. The fraction of sp³-hybridized carbons (Fsp3) is 0.200. The van der Waals surface area contributed by atoms with Crippen LogP contribution in [0.15, 0.2) is 46.7 Å². The van der Waals surface area contributed by atoms with E-state index in [2.05, 4.69) is 34.0 Å². The number of nitrogens with one attached hydrogen (secondary N) is 1. The molecular formula is C15H16N4S. The Morgan fingerprint density at radius 2 is 2.10 bits per heavy atom. The first-order valence-corrected chi connectivity index (χ1v) is 7.29. The molecule has 1 atom stereocenters. The van der Waals surface area contributed by atoms with Gasteiger partial charge < -0.3 is 10.7 Å². The van der Waals surface area contributed by atoms with Crippen LogP contribution >= 0.6 is 11.8 Å². The van der Waals surface area contributed by atoms with Crippen molar-refractivity contribution in [1.82, 2.24) is 15.0 Å². The molecule has 0 bridgehead atoms. The van der Waals surface area contributed by atoms with Crippen molar-refractivity contribution < 1.29 is 0 Å². The molecule has 0 fully saturated rings. The predicted molar refractivity (Wildman–Crippen MR) is 81.8 cm³/mol. The Kier molecular flexibility index (Phi) is 3.46. The van der Waals surface area contributed by atoms with Crippen LogP contribution in [0, 0.1) is 6.92 Å². The van der Waals surface area contributed by atoms with Gasteiger partial charge in [0.1, 0.15) is 5.03 Å². The summed E-state index contributed by atoms with van der Waals surface area (Å²) in [4.78, 5) is 12.3. The number of H-pyrrole nitrogens is 1. The fourth-order valence-electron chi connectivity index (χ4n) is 1.97. The normalized spacial score (nSPS) is 12.8. The second kappa shape index (κ2) is 5.26. The maximum absolute atomic E-state index is 5.82. The number of pyridine rings is 1. The Bertz CT molecular complexity index is 731. The minimum atomic E-state index is 0.00993. The van der Waals surface area contributed by atoms with Crippen LogP contribution in [-0.4, -0.2) is 15.0 Å². The summed E-state index contributed by atoms with van der Waals surface area (Å²) in [5, 5.41) is 1.76. The molecule has 0 saturated carbocycles. The summed E-state index contributed by atoms with van der Waals surface area (Å²) in [6.45, 7) is 4.02. The van der Waals surface area contributed by atoms with E-state index >= 15 is 0 Å². The number of aromatic amines is 1. The van der Waals surface area contributed by atoms with Crippen molar-refractivity contribution in [2.24, 2.45) is 5.73 Å². The third-order valence-corrected chi connectivity index (χ3v) is 3.94. The van der Waals surface area contributed by atoms with Crippen LogP contribution in [0.5, 0.6) is 0 Å². The van der Waals surface area contributed by atoms with Crippen LogP contribution in [0.3, 0.4) is 0 Å². The van der Waals surface area contributed by atoms with Crippen molar-refractivity contribution in [3.05, 3.63) is 47.7 Å². The minimum absolute atomic E-state index is 0.00993. The van der Waals surface area contributed by atoms with E-state index in [1.165, 1.54) is 17.3 Å². The van der Waals surface area contributed by atoms with E-state index < -0.39 is 0 Å². The van der Waals surface area contributed by atoms with Gasteiger partial charge in [0.05, 0.1) is 11.0 Å². The van der Waals surface area contributed by atoms with E-state index in [1.54, 1.807) is 0 Å². The molecule has 0 unspecified atom stereocenters. The number of nitrogens with two attached hydrogens (primary N) is 1. The highest BCUT2D eigenvalue weighted by Gasteiger charge is 2.06. The van der Waals surface area contributed by atoms with Gasteiger partial charge in [0.15, 0.2) is 5.16 Å². The highest BCUT2D eigenvalue weighted by Crippen LogP contribution is 2.26. The molecule has 1 aromatic carbocycles. The van der Waals surface area contributed by atoms with Gasteiger partial charge >= 0.3 is 0 Å². The summed E-state index contributed by atoms with van der Waals surface area (Å²) in [6.07, 6.45) is 1.82.